The number of fused-ring (bicyclic) bond motifs is 1. The van der Waals surface area contributed by atoms with E-state index in [4.69, 9.17) is 5.26 Å². The summed E-state index contributed by atoms with van der Waals surface area (Å²) in [5.41, 5.74) is 0.958. The predicted molar refractivity (Wildman–Crippen MR) is 63.5 cm³/mol. The minimum absolute atomic E-state index is 0.356. The van der Waals surface area contributed by atoms with Crippen LogP contribution in [0.3, 0.4) is 0 Å². The molecule has 0 radical (unpaired) electrons. The molecule has 5 heteroatoms. The Morgan fingerprint density at radius 2 is 1.94 bits per heavy atom. The fourth-order valence-electron chi connectivity index (χ4n) is 1.88. The first-order chi connectivity index (χ1) is 8.79. The molecule has 0 spiro atoms. The van der Waals surface area contributed by atoms with Gasteiger partial charge in [0.15, 0.2) is 0 Å². The molecule has 0 N–H and O–H groups in total. The van der Waals surface area contributed by atoms with Crippen molar-refractivity contribution >= 4 is 10.9 Å². The molecule has 0 fully saturated rings. The summed E-state index contributed by atoms with van der Waals surface area (Å²) in [6.07, 6.45) is 3.16. The van der Waals surface area contributed by atoms with Crippen LogP contribution in [0, 0.1) is 17.1 Å². The Balaban J connectivity index is 2.40. The number of aromatic nitrogens is 3. The summed E-state index contributed by atoms with van der Waals surface area (Å²) in [6, 6.07) is 9.79. The Kier molecular flexibility index (Phi) is 2.27. The summed E-state index contributed by atoms with van der Waals surface area (Å²) in [6.45, 7) is 0. The minimum Gasteiger partial charge on any atom is -0.269 e. The maximum Gasteiger partial charge on any atom is 0.235 e. The normalized spacial score (nSPS) is 10.4. The molecule has 3 aromatic rings. The molecule has 0 aliphatic rings. The van der Waals surface area contributed by atoms with Crippen LogP contribution in [-0.2, 0) is 0 Å². The minimum atomic E-state index is -0.359. The SMILES string of the molecule is N#Cc1cc2ccc(F)cc2n1-c1ncccn1. The second-order valence-corrected chi connectivity index (χ2v) is 3.73. The van der Waals surface area contributed by atoms with Crippen molar-refractivity contribution in [2.75, 3.05) is 0 Å². The quantitative estimate of drug-likeness (QED) is 0.654. The second-order valence-electron chi connectivity index (χ2n) is 3.73. The van der Waals surface area contributed by atoms with E-state index in [0.717, 1.165) is 5.39 Å². The number of rotatable bonds is 1. The van der Waals surface area contributed by atoms with Crippen molar-refractivity contribution in [1.29, 1.82) is 5.26 Å². The van der Waals surface area contributed by atoms with Crippen molar-refractivity contribution in [2.24, 2.45) is 0 Å². The Bertz CT molecular complexity index is 756. The zero-order valence-electron chi connectivity index (χ0n) is 9.21. The van der Waals surface area contributed by atoms with Crippen LogP contribution in [0.2, 0.25) is 0 Å². The predicted octanol–water partition coefficient (Wildman–Crippen LogP) is 2.43. The molecule has 0 saturated heterocycles. The van der Waals surface area contributed by atoms with E-state index in [1.807, 2.05) is 0 Å². The van der Waals surface area contributed by atoms with Crippen molar-refractivity contribution in [3.8, 4) is 12.0 Å². The van der Waals surface area contributed by atoms with Gasteiger partial charge >= 0.3 is 0 Å². The van der Waals surface area contributed by atoms with Crippen molar-refractivity contribution in [1.82, 2.24) is 14.5 Å². The summed E-state index contributed by atoms with van der Waals surface area (Å²) in [5, 5.41) is 9.91. The van der Waals surface area contributed by atoms with Crippen molar-refractivity contribution in [3.63, 3.8) is 0 Å². The van der Waals surface area contributed by atoms with Crippen molar-refractivity contribution < 1.29 is 4.39 Å². The van der Waals surface area contributed by atoms with Crippen LogP contribution in [0.25, 0.3) is 16.9 Å². The van der Waals surface area contributed by atoms with Gasteiger partial charge in [0.25, 0.3) is 0 Å². The highest BCUT2D eigenvalue weighted by molar-refractivity contribution is 5.83. The van der Waals surface area contributed by atoms with Gasteiger partial charge in [-0.3, -0.25) is 4.57 Å². The van der Waals surface area contributed by atoms with Gasteiger partial charge in [0.2, 0.25) is 5.95 Å². The van der Waals surface area contributed by atoms with Crippen LogP contribution in [0.1, 0.15) is 5.69 Å². The molecule has 4 nitrogen and oxygen atoms in total. The lowest BCUT2D eigenvalue weighted by atomic mass is 10.2. The monoisotopic (exact) mass is 238 g/mol. The van der Waals surface area contributed by atoms with E-state index in [9.17, 15) is 4.39 Å². The second kappa shape index (κ2) is 3.93. The summed E-state index contributed by atoms with van der Waals surface area (Å²) < 4.78 is 14.8. The zero-order chi connectivity index (χ0) is 12.5. The van der Waals surface area contributed by atoms with Gasteiger partial charge in [0.1, 0.15) is 17.6 Å². The highest BCUT2D eigenvalue weighted by atomic mass is 19.1. The lowest BCUT2D eigenvalue weighted by Crippen LogP contribution is -2.02. The van der Waals surface area contributed by atoms with E-state index in [2.05, 4.69) is 16.0 Å². The average Bonchev–Trinajstić information content (AvgIpc) is 2.77. The van der Waals surface area contributed by atoms with Crippen LogP contribution in [0.5, 0.6) is 0 Å². The standard InChI is InChI=1S/C13H7FN4/c14-10-3-2-9-6-11(8-15)18(12(9)7-10)13-16-4-1-5-17-13/h1-7H. The number of halogens is 1. The molecule has 86 valence electrons. The molecule has 2 heterocycles. The molecule has 0 bridgehead atoms. The van der Waals surface area contributed by atoms with Gasteiger partial charge in [-0.25, -0.2) is 14.4 Å². The van der Waals surface area contributed by atoms with Crippen LogP contribution in [-0.4, -0.2) is 14.5 Å². The Labute approximate surface area is 102 Å². The van der Waals surface area contributed by atoms with Crippen LogP contribution in [0.4, 0.5) is 4.39 Å². The molecule has 3 rings (SSSR count). The first-order valence-corrected chi connectivity index (χ1v) is 5.28. The van der Waals surface area contributed by atoms with Crippen LogP contribution in [0.15, 0.2) is 42.7 Å². The highest BCUT2D eigenvalue weighted by Gasteiger charge is 2.12. The topological polar surface area (TPSA) is 54.5 Å². The summed E-state index contributed by atoms with van der Waals surface area (Å²) >= 11 is 0. The first-order valence-electron chi connectivity index (χ1n) is 5.28. The largest absolute Gasteiger partial charge is 0.269 e. The number of nitriles is 1. The van der Waals surface area contributed by atoms with Gasteiger partial charge in [-0.1, -0.05) is 0 Å². The third-order valence-corrected chi connectivity index (χ3v) is 2.63. The third-order valence-electron chi connectivity index (χ3n) is 2.63. The molecule has 0 aliphatic heterocycles. The van der Waals surface area contributed by atoms with Gasteiger partial charge in [0, 0.05) is 17.8 Å². The Morgan fingerprint density at radius 1 is 1.17 bits per heavy atom. The summed E-state index contributed by atoms with van der Waals surface area (Å²) in [4.78, 5) is 8.18. The lowest BCUT2D eigenvalue weighted by Gasteiger charge is -2.03. The van der Waals surface area contributed by atoms with Gasteiger partial charge in [-0.15, -0.1) is 0 Å². The fourth-order valence-corrected chi connectivity index (χ4v) is 1.88. The van der Waals surface area contributed by atoms with Crippen LogP contribution >= 0.6 is 0 Å². The van der Waals surface area contributed by atoms with E-state index < -0.39 is 0 Å². The molecule has 0 aliphatic carbocycles. The summed E-state index contributed by atoms with van der Waals surface area (Å²) in [7, 11) is 0. The zero-order valence-corrected chi connectivity index (χ0v) is 9.21. The van der Waals surface area contributed by atoms with Gasteiger partial charge in [0.05, 0.1) is 5.52 Å². The van der Waals surface area contributed by atoms with Gasteiger partial charge < -0.3 is 0 Å². The van der Waals surface area contributed by atoms with E-state index in [1.165, 1.54) is 12.1 Å². The lowest BCUT2D eigenvalue weighted by molar-refractivity contribution is 0.629. The van der Waals surface area contributed by atoms with Crippen molar-refractivity contribution in [3.05, 3.63) is 54.2 Å². The molecule has 0 saturated carbocycles. The van der Waals surface area contributed by atoms with E-state index in [1.54, 1.807) is 35.2 Å². The van der Waals surface area contributed by atoms with E-state index in [0.29, 0.717) is 17.2 Å². The summed E-state index contributed by atoms with van der Waals surface area (Å²) in [5.74, 6) is -0.00285. The van der Waals surface area contributed by atoms with Crippen molar-refractivity contribution in [2.45, 2.75) is 0 Å². The average molecular weight is 238 g/mol. The molecule has 0 atom stereocenters. The Hall–Kier alpha value is -2.74. The third kappa shape index (κ3) is 1.52. The number of nitrogens with zero attached hydrogens (tertiary/aromatic N) is 4. The van der Waals surface area contributed by atoms with E-state index in [-0.39, 0.29) is 5.82 Å². The fraction of sp³-hybridized carbons (Fsp3) is 0. The van der Waals surface area contributed by atoms with Gasteiger partial charge in [-0.05, 0) is 30.3 Å². The van der Waals surface area contributed by atoms with E-state index >= 15 is 0 Å². The molecule has 1 aromatic carbocycles. The maximum absolute atomic E-state index is 13.3. The molecule has 18 heavy (non-hydrogen) atoms. The number of hydrogen-bond donors (Lipinski definition) is 0. The molecular weight excluding hydrogens is 231 g/mol. The molecule has 0 amide bonds. The highest BCUT2D eigenvalue weighted by Crippen LogP contribution is 2.22. The molecule has 0 unspecified atom stereocenters. The maximum atomic E-state index is 13.3. The first kappa shape index (κ1) is 10.4. The smallest absolute Gasteiger partial charge is 0.235 e. The molecule has 2 aromatic heterocycles. The number of hydrogen-bond acceptors (Lipinski definition) is 3. The van der Waals surface area contributed by atoms with Gasteiger partial charge in [-0.2, -0.15) is 5.26 Å². The Morgan fingerprint density at radius 3 is 2.67 bits per heavy atom. The number of benzene rings is 1. The molecular formula is C13H7FN4. The van der Waals surface area contributed by atoms with Crippen LogP contribution < -0.4 is 0 Å².